The zero-order valence-corrected chi connectivity index (χ0v) is 18.1. The molecule has 0 saturated heterocycles. The van der Waals surface area contributed by atoms with Gasteiger partial charge in [-0.05, 0) is 99.4 Å². The van der Waals surface area contributed by atoms with E-state index in [0.717, 1.165) is 26.7 Å². The van der Waals surface area contributed by atoms with Gasteiger partial charge in [0, 0.05) is 3.57 Å². The fourth-order valence-electron chi connectivity index (χ4n) is 2.92. The van der Waals surface area contributed by atoms with E-state index < -0.39 is 11.0 Å². The maximum atomic E-state index is 12.8. The lowest BCUT2D eigenvalue weighted by molar-refractivity contribution is -0.149. The summed E-state index contributed by atoms with van der Waals surface area (Å²) in [5, 5.41) is 2.95. The van der Waals surface area contributed by atoms with E-state index in [9.17, 15) is 9.59 Å². The van der Waals surface area contributed by atoms with Crippen molar-refractivity contribution in [2.24, 2.45) is 5.41 Å². The van der Waals surface area contributed by atoms with Crippen molar-refractivity contribution >= 4 is 40.0 Å². The third kappa shape index (κ3) is 3.91. The summed E-state index contributed by atoms with van der Waals surface area (Å²) in [6.45, 7) is 13.2. The minimum absolute atomic E-state index is 0.194. The van der Waals surface area contributed by atoms with Crippen molar-refractivity contribution < 1.29 is 14.3 Å². The van der Waals surface area contributed by atoms with E-state index >= 15 is 0 Å². The van der Waals surface area contributed by atoms with E-state index in [2.05, 4.69) is 40.9 Å². The number of rotatable bonds is 3. The molecule has 0 bridgehead atoms. The number of esters is 1. The van der Waals surface area contributed by atoms with Crippen LogP contribution in [0.25, 0.3) is 5.57 Å². The molecule has 1 aromatic carbocycles. The number of benzene rings is 1. The second-order valence-electron chi connectivity index (χ2n) is 8.03. The van der Waals surface area contributed by atoms with Crippen LogP contribution in [-0.2, 0) is 20.7 Å². The predicted molar refractivity (Wildman–Crippen MR) is 108 cm³/mol. The smallest absolute Gasteiger partial charge is 0.316 e. The molecule has 0 aliphatic carbocycles. The van der Waals surface area contributed by atoms with Crippen LogP contribution in [0.5, 0.6) is 0 Å². The first-order valence-corrected chi connectivity index (χ1v) is 9.55. The Kier molecular flexibility index (Phi) is 5.38. The van der Waals surface area contributed by atoms with Crippen LogP contribution in [-0.4, -0.2) is 17.4 Å². The molecule has 1 aliphatic rings. The molecule has 0 atom stereocenters. The first-order valence-electron chi connectivity index (χ1n) is 8.47. The van der Waals surface area contributed by atoms with Gasteiger partial charge in [0.2, 0.25) is 0 Å². The molecule has 4 nitrogen and oxygen atoms in total. The van der Waals surface area contributed by atoms with E-state index in [0.29, 0.717) is 11.3 Å². The molecule has 1 N–H and O–H groups in total. The van der Waals surface area contributed by atoms with E-state index in [1.165, 1.54) is 0 Å². The lowest BCUT2D eigenvalue weighted by atomic mass is 9.91. The number of nitrogens with one attached hydrogen (secondary N) is 1. The highest BCUT2D eigenvalue weighted by molar-refractivity contribution is 14.1. The highest BCUT2D eigenvalue weighted by Crippen LogP contribution is 2.38. The maximum Gasteiger partial charge on any atom is 0.316 e. The van der Waals surface area contributed by atoms with Gasteiger partial charge in [-0.3, -0.25) is 9.59 Å². The van der Waals surface area contributed by atoms with Crippen molar-refractivity contribution in [3.05, 3.63) is 38.2 Å². The third-order valence-electron chi connectivity index (χ3n) is 4.27. The van der Waals surface area contributed by atoms with Crippen molar-refractivity contribution in [2.45, 2.75) is 60.4 Å². The number of amides is 1. The molecule has 5 heteroatoms. The molecule has 1 heterocycles. The zero-order chi connectivity index (χ0) is 19.2. The summed E-state index contributed by atoms with van der Waals surface area (Å²) in [5.74, 6) is -0.122. The molecule has 0 radical (unpaired) electrons. The van der Waals surface area contributed by atoms with Crippen molar-refractivity contribution in [1.29, 1.82) is 0 Å². The van der Waals surface area contributed by atoms with Crippen molar-refractivity contribution in [3.63, 3.8) is 0 Å². The quantitative estimate of drug-likeness (QED) is 0.544. The Labute approximate surface area is 163 Å². The first-order chi connectivity index (χ1) is 11.4. The number of hydrogen-bond donors (Lipinski definition) is 1. The minimum Gasteiger partial charge on any atom is -0.427 e. The summed E-state index contributed by atoms with van der Waals surface area (Å²) in [5.41, 5.74) is 2.07. The molecule has 1 amide bonds. The van der Waals surface area contributed by atoms with Crippen LogP contribution in [0, 0.1) is 15.9 Å². The summed E-state index contributed by atoms with van der Waals surface area (Å²) in [4.78, 5) is 25.3. The highest BCUT2D eigenvalue weighted by Gasteiger charge is 2.43. The Morgan fingerprint density at radius 1 is 1.28 bits per heavy atom. The summed E-state index contributed by atoms with van der Waals surface area (Å²) in [6.07, 6.45) is 0.796. The predicted octanol–water partition coefficient (Wildman–Crippen LogP) is 4.37. The van der Waals surface area contributed by atoms with E-state index in [4.69, 9.17) is 4.74 Å². The number of hydrogen-bond acceptors (Lipinski definition) is 3. The molecule has 0 fully saturated rings. The number of halogens is 1. The summed E-state index contributed by atoms with van der Waals surface area (Å²) in [7, 11) is 0. The topological polar surface area (TPSA) is 55.4 Å². The van der Waals surface area contributed by atoms with Gasteiger partial charge in [-0.1, -0.05) is 6.92 Å². The van der Waals surface area contributed by atoms with Crippen LogP contribution < -0.4 is 5.32 Å². The van der Waals surface area contributed by atoms with Gasteiger partial charge in [-0.2, -0.15) is 0 Å². The number of carbonyl (C=O) groups is 2. The van der Waals surface area contributed by atoms with Crippen molar-refractivity contribution in [2.75, 3.05) is 0 Å². The molecule has 0 unspecified atom stereocenters. The van der Waals surface area contributed by atoms with Gasteiger partial charge in [-0.15, -0.1) is 0 Å². The molecule has 25 heavy (non-hydrogen) atoms. The second kappa shape index (κ2) is 6.74. The number of ether oxygens (including phenoxy) is 1. The zero-order valence-electron chi connectivity index (χ0n) is 16.0. The Hall–Kier alpha value is -1.37. The maximum absolute atomic E-state index is 12.8. The second-order valence-corrected chi connectivity index (χ2v) is 9.28. The summed E-state index contributed by atoms with van der Waals surface area (Å²) >= 11 is 2.28. The Bertz CT molecular complexity index is 770. The standard InChI is InChI=1S/C20H26INO3/c1-8-12-10-13(21)9-11(2)14(12)15-16(20(6,7)22-17(15)23)25-18(24)19(3,4)5/h9-10H,8H2,1-7H3,(H,22,23). The SMILES string of the molecule is CCc1cc(I)cc(C)c1C1=C(OC(=O)C(C)(C)C)C(C)(C)NC1=O. The third-order valence-corrected chi connectivity index (χ3v) is 4.89. The highest BCUT2D eigenvalue weighted by atomic mass is 127. The molecular weight excluding hydrogens is 429 g/mol. The van der Waals surface area contributed by atoms with Gasteiger partial charge in [0.1, 0.15) is 5.76 Å². The Morgan fingerprint density at radius 3 is 2.40 bits per heavy atom. The van der Waals surface area contributed by atoms with Crippen LogP contribution in [0.2, 0.25) is 0 Å². The average Bonchev–Trinajstić information content (AvgIpc) is 2.66. The fourth-order valence-corrected chi connectivity index (χ4v) is 3.76. The van der Waals surface area contributed by atoms with E-state index in [-0.39, 0.29) is 11.9 Å². The number of aryl methyl sites for hydroxylation is 2. The van der Waals surface area contributed by atoms with Crippen LogP contribution in [0.1, 0.15) is 58.2 Å². The van der Waals surface area contributed by atoms with Crippen molar-refractivity contribution in [1.82, 2.24) is 5.32 Å². The number of carbonyl (C=O) groups excluding carboxylic acids is 2. The molecule has 1 aromatic rings. The molecule has 0 spiro atoms. The lowest BCUT2D eigenvalue weighted by Crippen LogP contribution is -2.40. The average molecular weight is 455 g/mol. The van der Waals surface area contributed by atoms with E-state index in [1.54, 1.807) is 20.8 Å². The summed E-state index contributed by atoms with van der Waals surface area (Å²) in [6, 6.07) is 4.13. The fraction of sp³-hybridized carbons (Fsp3) is 0.500. The van der Waals surface area contributed by atoms with Gasteiger partial charge < -0.3 is 10.1 Å². The van der Waals surface area contributed by atoms with Crippen LogP contribution in [0.4, 0.5) is 0 Å². The monoisotopic (exact) mass is 455 g/mol. The molecule has 1 aliphatic heterocycles. The Balaban J connectivity index is 2.72. The van der Waals surface area contributed by atoms with Crippen LogP contribution in [0.15, 0.2) is 17.9 Å². The molecular formula is C20H26INO3. The van der Waals surface area contributed by atoms with E-state index in [1.807, 2.05) is 26.8 Å². The van der Waals surface area contributed by atoms with Crippen LogP contribution in [0.3, 0.4) is 0 Å². The minimum atomic E-state index is -0.728. The van der Waals surface area contributed by atoms with Gasteiger partial charge in [0.05, 0.1) is 16.5 Å². The van der Waals surface area contributed by atoms with Gasteiger partial charge in [-0.25, -0.2) is 0 Å². The van der Waals surface area contributed by atoms with Gasteiger partial charge >= 0.3 is 5.97 Å². The van der Waals surface area contributed by atoms with Crippen LogP contribution >= 0.6 is 22.6 Å². The largest absolute Gasteiger partial charge is 0.427 e. The van der Waals surface area contributed by atoms with Gasteiger partial charge in [0.15, 0.2) is 0 Å². The molecule has 2 rings (SSSR count). The lowest BCUT2D eigenvalue weighted by Gasteiger charge is -2.25. The first kappa shape index (κ1) is 19.9. The normalized spacial score (nSPS) is 16.9. The molecule has 0 saturated carbocycles. The Morgan fingerprint density at radius 2 is 1.88 bits per heavy atom. The van der Waals surface area contributed by atoms with Crippen molar-refractivity contribution in [3.8, 4) is 0 Å². The van der Waals surface area contributed by atoms with Gasteiger partial charge in [0.25, 0.3) is 5.91 Å². The molecule has 0 aromatic heterocycles. The summed E-state index contributed by atoms with van der Waals surface area (Å²) < 4.78 is 6.90. The molecule has 136 valence electrons.